The molecule has 0 bridgehead atoms. The predicted octanol–water partition coefficient (Wildman–Crippen LogP) is 4.74. The van der Waals surface area contributed by atoms with Gasteiger partial charge in [-0.15, -0.1) is 0 Å². The van der Waals surface area contributed by atoms with E-state index in [1.165, 1.54) is 16.8 Å². The molecule has 5 heteroatoms. The van der Waals surface area contributed by atoms with E-state index in [0.29, 0.717) is 6.54 Å². The molecule has 0 aliphatic heterocycles. The van der Waals surface area contributed by atoms with Crippen molar-refractivity contribution in [1.82, 2.24) is 14.5 Å². The number of fused-ring (bicyclic) bond motifs is 1. The van der Waals surface area contributed by atoms with Crippen molar-refractivity contribution in [3.8, 4) is 0 Å². The molecule has 4 rings (SSSR count). The Hall–Kier alpha value is -3.08. The number of furan rings is 1. The molecule has 126 valence electrons. The molecule has 3 heterocycles. The molecular formula is C20H20N4O. The van der Waals surface area contributed by atoms with Crippen molar-refractivity contribution in [2.75, 3.05) is 5.32 Å². The fraction of sp³-hybridized carbons (Fsp3) is 0.200. The first kappa shape index (κ1) is 15.4. The summed E-state index contributed by atoms with van der Waals surface area (Å²) in [6.45, 7) is 6.96. The first-order valence-electron chi connectivity index (χ1n) is 8.30. The van der Waals surface area contributed by atoms with Gasteiger partial charge in [0.15, 0.2) is 0 Å². The maximum Gasteiger partial charge on any atom is 0.146 e. The Morgan fingerprint density at radius 2 is 1.88 bits per heavy atom. The van der Waals surface area contributed by atoms with Crippen LogP contribution in [0.25, 0.3) is 11.0 Å². The van der Waals surface area contributed by atoms with Crippen molar-refractivity contribution in [2.24, 2.45) is 0 Å². The van der Waals surface area contributed by atoms with Crippen LogP contribution in [0.3, 0.4) is 0 Å². The van der Waals surface area contributed by atoms with Crippen molar-refractivity contribution in [1.29, 1.82) is 0 Å². The number of para-hydroxylation sites is 1. The Bertz CT molecular complexity index is 1030. The van der Waals surface area contributed by atoms with Gasteiger partial charge in [-0.3, -0.25) is 0 Å². The summed E-state index contributed by atoms with van der Waals surface area (Å²) >= 11 is 0. The molecule has 25 heavy (non-hydrogen) atoms. The average molecular weight is 332 g/mol. The van der Waals surface area contributed by atoms with Crippen LogP contribution >= 0.6 is 0 Å². The molecule has 4 aromatic rings. The second kappa shape index (κ2) is 6.09. The van der Waals surface area contributed by atoms with E-state index in [1.54, 1.807) is 12.6 Å². The number of nitrogens with zero attached hydrogens (tertiary/aromatic N) is 3. The molecule has 0 fully saturated rings. The van der Waals surface area contributed by atoms with E-state index >= 15 is 0 Å². The summed E-state index contributed by atoms with van der Waals surface area (Å²) in [6, 6.07) is 12.1. The molecule has 0 saturated carbocycles. The predicted molar refractivity (Wildman–Crippen MR) is 99.3 cm³/mol. The number of aryl methyl sites for hydroxylation is 2. The number of aromatic nitrogens is 3. The number of benzene rings is 1. The molecule has 0 radical (unpaired) electrons. The lowest BCUT2D eigenvalue weighted by molar-refractivity contribution is 0.494. The van der Waals surface area contributed by atoms with Crippen molar-refractivity contribution in [2.45, 2.75) is 27.3 Å². The lowest BCUT2D eigenvalue weighted by atomic mass is 10.2. The minimum absolute atomic E-state index is 0.657. The Balaban J connectivity index is 1.83. The van der Waals surface area contributed by atoms with Crippen LogP contribution in [0, 0.1) is 20.8 Å². The van der Waals surface area contributed by atoms with Gasteiger partial charge in [0, 0.05) is 11.4 Å². The first-order valence-corrected chi connectivity index (χ1v) is 8.30. The Labute approximate surface area is 146 Å². The molecule has 0 aliphatic carbocycles. The number of hydrogen-bond donors (Lipinski definition) is 1. The maximum absolute atomic E-state index is 5.51. The number of anilines is 2. The second-order valence-corrected chi connectivity index (χ2v) is 6.24. The summed E-state index contributed by atoms with van der Waals surface area (Å²) in [4.78, 5) is 9.03. The van der Waals surface area contributed by atoms with Gasteiger partial charge in [-0.1, -0.05) is 18.2 Å². The normalized spacial score (nSPS) is 11.2. The van der Waals surface area contributed by atoms with Crippen molar-refractivity contribution < 1.29 is 4.42 Å². The van der Waals surface area contributed by atoms with E-state index in [0.717, 1.165) is 28.3 Å². The standard InChI is InChI=1S/C20H20N4O/c1-13-7-4-5-9-17(13)23-19-18-14(2)15(3)24(20(18)22-12-21-19)11-16-8-6-10-25-16/h4-10,12H,11H2,1-3H3,(H,21,22,23). The third-order valence-electron chi connectivity index (χ3n) is 4.70. The van der Waals surface area contributed by atoms with Crippen molar-refractivity contribution >= 4 is 22.5 Å². The minimum atomic E-state index is 0.657. The molecule has 0 saturated heterocycles. The Morgan fingerprint density at radius 3 is 2.64 bits per heavy atom. The van der Waals surface area contributed by atoms with E-state index in [1.807, 2.05) is 24.3 Å². The lowest BCUT2D eigenvalue weighted by Gasteiger charge is -2.10. The summed E-state index contributed by atoms with van der Waals surface area (Å²) in [7, 11) is 0. The molecular weight excluding hydrogens is 312 g/mol. The highest BCUT2D eigenvalue weighted by atomic mass is 16.3. The van der Waals surface area contributed by atoms with Gasteiger partial charge in [-0.25, -0.2) is 9.97 Å². The zero-order valence-corrected chi connectivity index (χ0v) is 14.6. The van der Waals surface area contributed by atoms with E-state index in [-0.39, 0.29) is 0 Å². The number of nitrogens with one attached hydrogen (secondary N) is 1. The SMILES string of the molecule is Cc1ccccc1Nc1ncnc2c1c(C)c(C)n2Cc1ccco1. The topological polar surface area (TPSA) is 55.9 Å². The fourth-order valence-corrected chi connectivity index (χ4v) is 3.16. The molecule has 0 aliphatic rings. The molecule has 0 atom stereocenters. The monoisotopic (exact) mass is 332 g/mol. The summed E-state index contributed by atoms with van der Waals surface area (Å²) < 4.78 is 7.69. The van der Waals surface area contributed by atoms with Crippen LogP contribution in [0.5, 0.6) is 0 Å². The van der Waals surface area contributed by atoms with E-state index < -0.39 is 0 Å². The van der Waals surface area contributed by atoms with Crippen LogP contribution in [0.15, 0.2) is 53.4 Å². The highest BCUT2D eigenvalue weighted by Gasteiger charge is 2.17. The van der Waals surface area contributed by atoms with Gasteiger partial charge in [0.05, 0.1) is 18.2 Å². The lowest BCUT2D eigenvalue weighted by Crippen LogP contribution is -2.03. The summed E-state index contributed by atoms with van der Waals surface area (Å²) in [5.41, 5.74) is 5.49. The van der Waals surface area contributed by atoms with Crippen LogP contribution in [-0.2, 0) is 6.54 Å². The van der Waals surface area contributed by atoms with Crippen LogP contribution in [0.1, 0.15) is 22.6 Å². The van der Waals surface area contributed by atoms with Gasteiger partial charge in [-0.05, 0) is 50.1 Å². The zero-order chi connectivity index (χ0) is 17.4. The van der Waals surface area contributed by atoms with Gasteiger partial charge in [-0.2, -0.15) is 0 Å². The number of rotatable bonds is 4. The quantitative estimate of drug-likeness (QED) is 0.586. The molecule has 3 aromatic heterocycles. The Morgan fingerprint density at radius 1 is 1.04 bits per heavy atom. The van der Waals surface area contributed by atoms with Crippen molar-refractivity contribution in [3.05, 3.63) is 71.6 Å². The van der Waals surface area contributed by atoms with Crippen LogP contribution in [-0.4, -0.2) is 14.5 Å². The highest BCUT2D eigenvalue weighted by Crippen LogP contribution is 2.31. The zero-order valence-electron chi connectivity index (χ0n) is 14.6. The fourth-order valence-electron chi connectivity index (χ4n) is 3.16. The van der Waals surface area contributed by atoms with Gasteiger partial charge in [0.1, 0.15) is 23.6 Å². The molecule has 1 N–H and O–H groups in total. The highest BCUT2D eigenvalue weighted by molar-refractivity contribution is 5.93. The molecule has 1 aromatic carbocycles. The first-order chi connectivity index (χ1) is 12.1. The average Bonchev–Trinajstić information content (AvgIpc) is 3.21. The van der Waals surface area contributed by atoms with Gasteiger partial charge in [0.2, 0.25) is 0 Å². The van der Waals surface area contributed by atoms with Gasteiger partial charge >= 0.3 is 0 Å². The van der Waals surface area contributed by atoms with Gasteiger partial charge in [0.25, 0.3) is 0 Å². The molecule has 0 spiro atoms. The van der Waals surface area contributed by atoms with Crippen LogP contribution < -0.4 is 5.32 Å². The molecule has 0 unspecified atom stereocenters. The van der Waals surface area contributed by atoms with E-state index in [9.17, 15) is 0 Å². The van der Waals surface area contributed by atoms with E-state index in [4.69, 9.17) is 4.42 Å². The molecule has 5 nitrogen and oxygen atoms in total. The van der Waals surface area contributed by atoms with E-state index in [2.05, 4.69) is 52.8 Å². The van der Waals surface area contributed by atoms with Crippen molar-refractivity contribution in [3.63, 3.8) is 0 Å². The molecule has 0 amide bonds. The van der Waals surface area contributed by atoms with Crippen LogP contribution in [0.2, 0.25) is 0 Å². The number of hydrogen-bond acceptors (Lipinski definition) is 4. The smallest absolute Gasteiger partial charge is 0.146 e. The van der Waals surface area contributed by atoms with Crippen LogP contribution in [0.4, 0.5) is 11.5 Å². The summed E-state index contributed by atoms with van der Waals surface area (Å²) in [5, 5.41) is 4.52. The second-order valence-electron chi connectivity index (χ2n) is 6.24. The minimum Gasteiger partial charge on any atom is -0.467 e. The largest absolute Gasteiger partial charge is 0.467 e. The Kier molecular flexibility index (Phi) is 3.76. The van der Waals surface area contributed by atoms with Gasteiger partial charge < -0.3 is 14.3 Å². The maximum atomic E-state index is 5.51. The third-order valence-corrected chi connectivity index (χ3v) is 4.70. The summed E-state index contributed by atoms with van der Waals surface area (Å²) in [6.07, 6.45) is 3.31. The third kappa shape index (κ3) is 2.67. The summed E-state index contributed by atoms with van der Waals surface area (Å²) in [5.74, 6) is 1.74.